The minimum Gasteiger partial charge on any atom is -0.366 e. The molecule has 0 saturated carbocycles. The SMILES string of the molecule is CC1(OCC2=C(c3ccccc3)[C@@H]3C(=O)C=C[C@]4(C)OCC(=C2c2ccccc2)[C@H]34)C=CC(=O)C=C1. The van der Waals surface area contributed by atoms with E-state index in [2.05, 4.69) is 31.2 Å². The minimum absolute atomic E-state index is 0.0464. The molecule has 0 aromatic heterocycles. The lowest BCUT2D eigenvalue weighted by Crippen LogP contribution is -2.44. The Morgan fingerprint density at radius 3 is 2.17 bits per heavy atom. The Morgan fingerprint density at radius 2 is 1.50 bits per heavy atom. The monoisotopic (exact) mass is 476 g/mol. The van der Waals surface area contributed by atoms with Crippen LogP contribution in [0, 0.1) is 11.8 Å². The third-order valence-electron chi connectivity index (χ3n) is 7.84. The summed E-state index contributed by atoms with van der Waals surface area (Å²) in [6.07, 6.45) is 10.3. The predicted octanol–water partition coefficient (Wildman–Crippen LogP) is 5.54. The highest BCUT2D eigenvalue weighted by atomic mass is 16.5. The zero-order valence-corrected chi connectivity index (χ0v) is 20.4. The molecule has 1 aliphatic heterocycles. The van der Waals surface area contributed by atoms with Crippen LogP contribution in [0.15, 0.2) is 108 Å². The zero-order chi connectivity index (χ0) is 24.9. The number of carbonyl (C=O) groups excluding carboxylic acids is 2. The average Bonchev–Trinajstić information content (AvgIpc) is 3.25. The summed E-state index contributed by atoms with van der Waals surface area (Å²) in [5.74, 6) is -0.377. The second-order valence-corrected chi connectivity index (χ2v) is 10.2. The lowest BCUT2D eigenvalue weighted by atomic mass is 9.61. The zero-order valence-electron chi connectivity index (χ0n) is 20.4. The summed E-state index contributed by atoms with van der Waals surface area (Å²) in [6.45, 7) is 4.79. The van der Waals surface area contributed by atoms with Gasteiger partial charge in [-0.25, -0.2) is 0 Å². The first-order valence-electron chi connectivity index (χ1n) is 12.4. The van der Waals surface area contributed by atoms with Gasteiger partial charge in [-0.1, -0.05) is 60.7 Å². The lowest BCUT2D eigenvalue weighted by Gasteiger charge is -2.42. The first kappa shape index (κ1) is 22.8. The third-order valence-corrected chi connectivity index (χ3v) is 7.84. The topological polar surface area (TPSA) is 52.6 Å². The summed E-state index contributed by atoms with van der Waals surface area (Å²) >= 11 is 0. The fraction of sp³-hybridized carbons (Fsp3) is 0.250. The number of carbonyl (C=O) groups is 2. The molecule has 6 rings (SSSR count). The van der Waals surface area contributed by atoms with E-state index in [0.29, 0.717) is 6.61 Å². The van der Waals surface area contributed by atoms with Crippen molar-refractivity contribution in [3.8, 4) is 0 Å². The van der Waals surface area contributed by atoms with Gasteiger partial charge < -0.3 is 9.47 Å². The molecule has 2 aromatic carbocycles. The Kier molecular flexibility index (Phi) is 5.40. The van der Waals surface area contributed by atoms with Crippen molar-refractivity contribution in [3.05, 3.63) is 119 Å². The summed E-state index contributed by atoms with van der Waals surface area (Å²) in [6, 6.07) is 20.5. The van der Waals surface area contributed by atoms with Crippen molar-refractivity contribution < 1.29 is 19.1 Å². The maximum Gasteiger partial charge on any atom is 0.178 e. The Morgan fingerprint density at radius 1 is 0.861 bits per heavy atom. The molecule has 36 heavy (non-hydrogen) atoms. The van der Waals surface area contributed by atoms with E-state index in [0.717, 1.165) is 33.4 Å². The molecular formula is C32H28O4. The highest BCUT2D eigenvalue weighted by Crippen LogP contribution is 2.56. The van der Waals surface area contributed by atoms with Crippen molar-refractivity contribution in [2.75, 3.05) is 13.2 Å². The molecule has 180 valence electrons. The lowest BCUT2D eigenvalue weighted by molar-refractivity contribution is -0.120. The molecule has 2 aromatic rings. The Bertz CT molecular complexity index is 1370. The molecule has 3 aliphatic carbocycles. The summed E-state index contributed by atoms with van der Waals surface area (Å²) < 4.78 is 12.9. The average molecular weight is 477 g/mol. The second-order valence-electron chi connectivity index (χ2n) is 10.2. The highest BCUT2D eigenvalue weighted by molar-refractivity contribution is 6.08. The second kappa shape index (κ2) is 8.51. The molecule has 4 aliphatic rings. The summed E-state index contributed by atoms with van der Waals surface area (Å²) in [7, 11) is 0. The number of ether oxygens (including phenoxy) is 2. The quantitative estimate of drug-likeness (QED) is 0.569. The van der Waals surface area contributed by atoms with Crippen LogP contribution in [0.3, 0.4) is 0 Å². The molecular weight excluding hydrogens is 448 g/mol. The number of benzene rings is 2. The number of rotatable bonds is 5. The van der Waals surface area contributed by atoms with Gasteiger partial charge in [0.2, 0.25) is 0 Å². The van der Waals surface area contributed by atoms with Crippen LogP contribution in [0.2, 0.25) is 0 Å². The standard InChI is InChI=1S/C32H28O4/c1-31(16-13-23(33)14-17-31)35-19-24-27(21-9-5-3-6-10-21)25-20-36-32(2)18-15-26(34)29(30(25)32)28(24)22-11-7-4-8-12-22/h3-18,29-30H,19-20H2,1-2H3/t29-,30+,32-/m0/s1. The van der Waals surface area contributed by atoms with Gasteiger partial charge in [0.05, 0.1) is 24.7 Å². The van der Waals surface area contributed by atoms with Gasteiger partial charge in [0.1, 0.15) is 5.60 Å². The number of allylic oxidation sites excluding steroid dienone is 4. The molecule has 0 amide bonds. The van der Waals surface area contributed by atoms with Crippen LogP contribution in [-0.4, -0.2) is 36.0 Å². The van der Waals surface area contributed by atoms with E-state index >= 15 is 0 Å². The fourth-order valence-corrected chi connectivity index (χ4v) is 6.03. The van der Waals surface area contributed by atoms with Crippen LogP contribution in [0.4, 0.5) is 0 Å². The molecule has 0 bridgehead atoms. The van der Waals surface area contributed by atoms with Crippen molar-refractivity contribution in [1.29, 1.82) is 0 Å². The van der Waals surface area contributed by atoms with Crippen LogP contribution in [0.1, 0.15) is 25.0 Å². The van der Waals surface area contributed by atoms with Gasteiger partial charge >= 0.3 is 0 Å². The summed E-state index contributed by atoms with van der Waals surface area (Å²) in [5.41, 5.74) is 5.10. The normalized spacial score (nSPS) is 28.2. The van der Waals surface area contributed by atoms with Crippen LogP contribution in [0.5, 0.6) is 0 Å². The number of hydrogen-bond donors (Lipinski definition) is 0. The van der Waals surface area contributed by atoms with Gasteiger partial charge in [0, 0.05) is 5.92 Å². The summed E-state index contributed by atoms with van der Waals surface area (Å²) in [5, 5.41) is 0. The minimum atomic E-state index is -0.719. The molecule has 1 saturated heterocycles. The van der Waals surface area contributed by atoms with Crippen molar-refractivity contribution in [3.63, 3.8) is 0 Å². The van der Waals surface area contributed by atoms with Gasteiger partial charge in [-0.2, -0.15) is 0 Å². The molecule has 4 heteroatoms. The molecule has 0 spiro atoms. The molecule has 4 nitrogen and oxygen atoms in total. The van der Waals surface area contributed by atoms with E-state index < -0.39 is 11.2 Å². The van der Waals surface area contributed by atoms with Crippen LogP contribution in [0.25, 0.3) is 11.1 Å². The third kappa shape index (κ3) is 3.69. The first-order chi connectivity index (χ1) is 17.4. The van der Waals surface area contributed by atoms with Crippen molar-refractivity contribution in [2.45, 2.75) is 25.0 Å². The Hall–Kier alpha value is -3.60. The van der Waals surface area contributed by atoms with Gasteiger partial charge in [0.25, 0.3) is 0 Å². The number of hydrogen-bond acceptors (Lipinski definition) is 4. The van der Waals surface area contributed by atoms with E-state index in [1.54, 1.807) is 30.4 Å². The maximum atomic E-state index is 13.6. The Balaban J connectivity index is 1.58. The maximum absolute atomic E-state index is 13.6. The van der Waals surface area contributed by atoms with Crippen LogP contribution >= 0.6 is 0 Å². The number of ketones is 2. The van der Waals surface area contributed by atoms with Crippen LogP contribution < -0.4 is 0 Å². The van der Waals surface area contributed by atoms with E-state index in [-0.39, 0.29) is 30.0 Å². The van der Waals surface area contributed by atoms with E-state index in [1.165, 1.54) is 0 Å². The summed E-state index contributed by atoms with van der Waals surface area (Å²) in [4.78, 5) is 25.3. The van der Waals surface area contributed by atoms with Gasteiger partial charge in [-0.15, -0.1) is 0 Å². The molecule has 0 N–H and O–H groups in total. The molecule has 3 atom stereocenters. The van der Waals surface area contributed by atoms with Crippen LogP contribution in [-0.2, 0) is 19.1 Å². The largest absolute Gasteiger partial charge is 0.366 e. The highest BCUT2D eigenvalue weighted by Gasteiger charge is 2.55. The molecule has 0 unspecified atom stereocenters. The van der Waals surface area contributed by atoms with Crippen molar-refractivity contribution >= 4 is 22.7 Å². The fourth-order valence-electron chi connectivity index (χ4n) is 6.03. The van der Waals surface area contributed by atoms with Gasteiger partial charge in [-0.3, -0.25) is 9.59 Å². The smallest absolute Gasteiger partial charge is 0.178 e. The predicted molar refractivity (Wildman–Crippen MR) is 140 cm³/mol. The van der Waals surface area contributed by atoms with Crippen molar-refractivity contribution in [1.82, 2.24) is 0 Å². The molecule has 1 heterocycles. The van der Waals surface area contributed by atoms with Gasteiger partial charge in [0.15, 0.2) is 11.6 Å². The molecule has 1 fully saturated rings. The van der Waals surface area contributed by atoms with E-state index in [4.69, 9.17) is 9.47 Å². The molecule has 0 radical (unpaired) electrons. The van der Waals surface area contributed by atoms with Crippen molar-refractivity contribution in [2.24, 2.45) is 11.8 Å². The van der Waals surface area contributed by atoms with E-state index in [1.807, 2.05) is 49.4 Å². The van der Waals surface area contributed by atoms with E-state index in [9.17, 15) is 9.59 Å². The first-order valence-corrected chi connectivity index (χ1v) is 12.4. The Labute approximate surface area is 211 Å². The van der Waals surface area contributed by atoms with Gasteiger partial charge in [-0.05, 0) is 83.7 Å².